The van der Waals surface area contributed by atoms with Crippen molar-refractivity contribution in [2.24, 2.45) is 0 Å². The minimum atomic E-state index is -0.716. The fraction of sp³-hybridized carbons (Fsp3) is 0.318. The zero-order valence-corrected chi connectivity index (χ0v) is 16.9. The van der Waals surface area contributed by atoms with Gasteiger partial charge in [0, 0.05) is 31.0 Å². The molecule has 1 saturated heterocycles. The Hall–Kier alpha value is -3.39. The molecule has 0 saturated carbocycles. The summed E-state index contributed by atoms with van der Waals surface area (Å²) in [6.45, 7) is 1.78. The van der Waals surface area contributed by atoms with Crippen LogP contribution in [0, 0.1) is 0 Å². The maximum absolute atomic E-state index is 12.9. The number of carbonyl (C=O) groups excluding carboxylic acids is 2. The van der Waals surface area contributed by atoms with Crippen molar-refractivity contribution >= 4 is 17.4 Å². The van der Waals surface area contributed by atoms with Crippen molar-refractivity contribution in [1.82, 2.24) is 14.8 Å². The zero-order valence-electron chi connectivity index (χ0n) is 16.9. The van der Waals surface area contributed by atoms with Crippen LogP contribution in [0.2, 0.25) is 0 Å². The average molecular weight is 409 g/mol. The van der Waals surface area contributed by atoms with E-state index in [1.165, 1.54) is 4.90 Å². The van der Waals surface area contributed by atoms with Crippen LogP contribution in [-0.4, -0.2) is 72.0 Å². The van der Waals surface area contributed by atoms with Gasteiger partial charge in [-0.15, -0.1) is 0 Å². The van der Waals surface area contributed by atoms with Gasteiger partial charge in [0.15, 0.2) is 11.5 Å². The Morgan fingerprint density at radius 3 is 2.67 bits per heavy atom. The number of aromatic nitrogens is 1. The summed E-state index contributed by atoms with van der Waals surface area (Å²) in [6.07, 6.45) is 3.23. The van der Waals surface area contributed by atoms with Crippen LogP contribution in [-0.2, 0) is 9.59 Å². The first-order valence-corrected chi connectivity index (χ1v) is 9.70. The lowest BCUT2D eigenvalue weighted by molar-refractivity contribution is -0.140. The highest BCUT2D eigenvalue weighted by atomic mass is 16.6. The fourth-order valence-electron chi connectivity index (χ4n) is 3.65. The number of Topliss-reactive ketones (excluding diaryl/α,β-unsaturated/α-hetero) is 1. The lowest BCUT2D eigenvalue weighted by Gasteiger charge is -2.26. The molecule has 1 unspecified atom stereocenters. The second-order valence-electron chi connectivity index (χ2n) is 7.44. The molecule has 8 heteroatoms. The summed E-state index contributed by atoms with van der Waals surface area (Å²) in [5.74, 6) is -0.524. The molecule has 0 bridgehead atoms. The first-order chi connectivity index (χ1) is 14.5. The Morgan fingerprint density at radius 1 is 1.20 bits per heavy atom. The van der Waals surface area contributed by atoms with Gasteiger partial charge < -0.3 is 24.4 Å². The predicted octanol–water partition coefficient (Wildman–Crippen LogP) is 1.84. The lowest BCUT2D eigenvalue weighted by Crippen LogP contribution is -2.35. The summed E-state index contributed by atoms with van der Waals surface area (Å²) in [7, 11) is 3.79. The smallest absolute Gasteiger partial charge is 0.295 e. The van der Waals surface area contributed by atoms with E-state index in [0.29, 0.717) is 48.9 Å². The summed E-state index contributed by atoms with van der Waals surface area (Å²) in [5, 5.41) is 11.1. The topological polar surface area (TPSA) is 92.2 Å². The molecule has 4 rings (SSSR count). The van der Waals surface area contributed by atoms with E-state index in [9.17, 15) is 14.7 Å². The van der Waals surface area contributed by atoms with Crippen molar-refractivity contribution in [2.45, 2.75) is 6.04 Å². The van der Waals surface area contributed by atoms with Crippen molar-refractivity contribution in [1.29, 1.82) is 0 Å². The van der Waals surface area contributed by atoms with Gasteiger partial charge in [0.2, 0.25) is 0 Å². The minimum Gasteiger partial charge on any atom is -0.507 e. The van der Waals surface area contributed by atoms with Gasteiger partial charge in [-0.25, -0.2) is 0 Å². The van der Waals surface area contributed by atoms with E-state index in [1.54, 1.807) is 42.7 Å². The van der Waals surface area contributed by atoms with Crippen LogP contribution >= 0.6 is 0 Å². The molecule has 1 amide bonds. The molecule has 1 aromatic heterocycles. The van der Waals surface area contributed by atoms with Gasteiger partial charge in [-0.3, -0.25) is 14.6 Å². The first-order valence-electron chi connectivity index (χ1n) is 9.70. The van der Waals surface area contributed by atoms with E-state index in [4.69, 9.17) is 9.47 Å². The molecule has 156 valence electrons. The van der Waals surface area contributed by atoms with E-state index >= 15 is 0 Å². The molecule has 1 atom stereocenters. The normalized spacial score (nSPS) is 20.1. The van der Waals surface area contributed by atoms with E-state index in [1.807, 2.05) is 19.0 Å². The van der Waals surface area contributed by atoms with Crippen LogP contribution in [0.15, 0.2) is 48.3 Å². The first kappa shape index (κ1) is 19.9. The Balaban J connectivity index is 1.81. The van der Waals surface area contributed by atoms with Crippen molar-refractivity contribution in [3.63, 3.8) is 0 Å². The van der Waals surface area contributed by atoms with Gasteiger partial charge in [0.25, 0.3) is 11.7 Å². The van der Waals surface area contributed by atoms with Gasteiger partial charge in [-0.1, -0.05) is 6.07 Å². The van der Waals surface area contributed by atoms with Crippen LogP contribution in [0.4, 0.5) is 0 Å². The van der Waals surface area contributed by atoms with Gasteiger partial charge in [-0.05, 0) is 43.9 Å². The van der Waals surface area contributed by atoms with Crippen LogP contribution < -0.4 is 9.47 Å². The number of aliphatic hydroxyl groups is 1. The molecular formula is C22H23N3O5. The van der Waals surface area contributed by atoms with Crippen molar-refractivity contribution in [3.8, 4) is 11.5 Å². The molecule has 30 heavy (non-hydrogen) atoms. The average Bonchev–Trinajstić information content (AvgIpc) is 3.02. The predicted molar refractivity (Wildman–Crippen MR) is 109 cm³/mol. The molecule has 0 aliphatic carbocycles. The molecule has 1 fully saturated rings. The number of likely N-dealkylation sites (tertiary alicyclic amines) is 1. The van der Waals surface area contributed by atoms with Crippen LogP contribution in [0.3, 0.4) is 0 Å². The van der Waals surface area contributed by atoms with Crippen LogP contribution in [0.1, 0.15) is 17.2 Å². The highest BCUT2D eigenvalue weighted by molar-refractivity contribution is 6.46. The monoisotopic (exact) mass is 409 g/mol. The summed E-state index contributed by atoms with van der Waals surface area (Å²) in [5.41, 5.74) is 1.09. The van der Waals surface area contributed by atoms with E-state index in [-0.39, 0.29) is 11.3 Å². The molecule has 2 aromatic rings. The molecule has 1 N–H and O–H groups in total. The van der Waals surface area contributed by atoms with Crippen molar-refractivity contribution in [2.75, 3.05) is 40.4 Å². The summed E-state index contributed by atoms with van der Waals surface area (Å²) < 4.78 is 11.1. The molecule has 0 spiro atoms. The second kappa shape index (κ2) is 8.16. The van der Waals surface area contributed by atoms with Crippen molar-refractivity contribution < 1.29 is 24.2 Å². The third-order valence-corrected chi connectivity index (χ3v) is 5.14. The maximum Gasteiger partial charge on any atom is 0.295 e. The SMILES string of the molecule is CN(C)CCN1C(=O)C(=O)/C(=C(/O)c2ccc3c(c2)OCCO3)C1c1cccnc1. The molecular weight excluding hydrogens is 386 g/mol. The fourth-order valence-corrected chi connectivity index (χ4v) is 3.65. The molecule has 1 aromatic carbocycles. The summed E-state index contributed by atoms with van der Waals surface area (Å²) in [6, 6.07) is 7.78. The van der Waals surface area contributed by atoms with E-state index in [2.05, 4.69) is 4.98 Å². The minimum absolute atomic E-state index is 0.0448. The third kappa shape index (κ3) is 3.61. The van der Waals surface area contributed by atoms with E-state index < -0.39 is 17.7 Å². The summed E-state index contributed by atoms with van der Waals surface area (Å²) >= 11 is 0. The highest BCUT2D eigenvalue weighted by Gasteiger charge is 2.46. The number of ketones is 1. The molecule has 8 nitrogen and oxygen atoms in total. The van der Waals surface area contributed by atoms with Gasteiger partial charge in [0.1, 0.15) is 19.0 Å². The number of amides is 1. The van der Waals surface area contributed by atoms with Crippen molar-refractivity contribution in [3.05, 3.63) is 59.4 Å². The van der Waals surface area contributed by atoms with Crippen LogP contribution in [0.5, 0.6) is 11.5 Å². The number of likely N-dealkylation sites (N-methyl/N-ethyl adjacent to an activating group) is 1. The Labute approximate surface area is 174 Å². The molecule has 0 radical (unpaired) electrons. The van der Waals surface area contributed by atoms with Gasteiger partial charge in [-0.2, -0.15) is 0 Å². The number of hydrogen-bond donors (Lipinski definition) is 1. The Bertz CT molecular complexity index is 1000. The summed E-state index contributed by atoms with van der Waals surface area (Å²) in [4.78, 5) is 33.3. The quantitative estimate of drug-likeness (QED) is 0.458. The second-order valence-corrected chi connectivity index (χ2v) is 7.44. The van der Waals surface area contributed by atoms with Gasteiger partial charge in [0.05, 0.1) is 11.6 Å². The maximum atomic E-state index is 12.9. The zero-order chi connectivity index (χ0) is 21.3. The number of ether oxygens (including phenoxy) is 2. The number of fused-ring (bicyclic) bond motifs is 1. The van der Waals surface area contributed by atoms with Gasteiger partial charge >= 0.3 is 0 Å². The Kier molecular flexibility index (Phi) is 5.41. The number of aliphatic hydroxyl groups excluding tert-OH is 1. The number of nitrogens with zero attached hydrogens (tertiary/aromatic N) is 3. The molecule has 2 aliphatic heterocycles. The highest BCUT2D eigenvalue weighted by Crippen LogP contribution is 2.40. The standard InChI is InChI=1S/C22H23N3O5/c1-24(2)8-9-25-19(15-4-3-7-23-13-15)18(21(27)22(25)28)20(26)14-5-6-16-17(12-14)30-11-10-29-16/h3-7,12-13,19,26H,8-11H2,1-2H3/b20-18+. The molecule has 2 aliphatic rings. The largest absolute Gasteiger partial charge is 0.507 e. The van der Waals surface area contributed by atoms with E-state index in [0.717, 1.165) is 0 Å². The molecule has 3 heterocycles. The number of rotatable bonds is 5. The lowest BCUT2D eigenvalue weighted by atomic mass is 9.96. The number of benzene rings is 1. The van der Waals surface area contributed by atoms with Crippen LogP contribution in [0.25, 0.3) is 5.76 Å². The Morgan fingerprint density at radius 2 is 1.97 bits per heavy atom. The number of carbonyl (C=O) groups is 2. The third-order valence-electron chi connectivity index (χ3n) is 5.14. The number of hydrogen-bond acceptors (Lipinski definition) is 7. The number of pyridine rings is 1.